The SMILES string of the molecule is CCCc1ccc(C(=O)C(=O)NC)cc1. The third-order valence-corrected chi connectivity index (χ3v) is 2.19. The number of ketones is 1. The number of benzene rings is 1. The maximum atomic E-state index is 11.4. The Kier molecular flexibility index (Phi) is 4.03. The summed E-state index contributed by atoms with van der Waals surface area (Å²) < 4.78 is 0. The molecule has 80 valence electrons. The lowest BCUT2D eigenvalue weighted by atomic mass is 10.1. The topological polar surface area (TPSA) is 46.2 Å². The molecule has 0 aliphatic carbocycles. The van der Waals surface area contributed by atoms with E-state index in [2.05, 4.69) is 12.2 Å². The fourth-order valence-corrected chi connectivity index (χ4v) is 1.36. The summed E-state index contributed by atoms with van der Waals surface area (Å²) in [6.07, 6.45) is 2.07. The number of nitrogens with one attached hydrogen (secondary N) is 1. The van der Waals surface area contributed by atoms with Gasteiger partial charge in [-0.3, -0.25) is 9.59 Å². The summed E-state index contributed by atoms with van der Waals surface area (Å²) in [4.78, 5) is 22.5. The van der Waals surface area contributed by atoms with Crippen LogP contribution in [0.15, 0.2) is 24.3 Å². The lowest BCUT2D eigenvalue weighted by Gasteiger charge is -2.01. The molecule has 3 heteroatoms. The number of likely N-dealkylation sites (N-methyl/N-ethyl adjacent to an activating group) is 1. The fourth-order valence-electron chi connectivity index (χ4n) is 1.36. The van der Waals surface area contributed by atoms with Crippen LogP contribution in [0.3, 0.4) is 0 Å². The van der Waals surface area contributed by atoms with Crippen molar-refractivity contribution in [1.29, 1.82) is 0 Å². The Bertz CT molecular complexity index is 354. The third-order valence-electron chi connectivity index (χ3n) is 2.19. The van der Waals surface area contributed by atoms with E-state index in [4.69, 9.17) is 0 Å². The van der Waals surface area contributed by atoms with Crippen LogP contribution < -0.4 is 5.32 Å². The number of Topliss-reactive ketones (excluding diaryl/α,β-unsaturated/α-hetero) is 1. The molecule has 15 heavy (non-hydrogen) atoms. The van der Waals surface area contributed by atoms with Gasteiger partial charge in [0.25, 0.3) is 5.91 Å². The smallest absolute Gasteiger partial charge is 0.292 e. The van der Waals surface area contributed by atoms with Crippen molar-refractivity contribution in [2.45, 2.75) is 19.8 Å². The number of hydrogen-bond donors (Lipinski definition) is 1. The molecule has 0 aliphatic heterocycles. The highest BCUT2D eigenvalue weighted by Crippen LogP contribution is 2.07. The van der Waals surface area contributed by atoms with Gasteiger partial charge >= 0.3 is 0 Å². The Labute approximate surface area is 89.5 Å². The van der Waals surface area contributed by atoms with E-state index in [1.54, 1.807) is 12.1 Å². The van der Waals surface area contributed by atoms with Gasteiger partial charge in [0.1, 0.15) is 0 Å². The van der Waals surface area contributed by atoms with Gasteiger partial charge in [-0.2, -0.15) is 0 Å². The normalized spacial score (nSPS) is 9.73. The van der Waals surface area contributed by atoms with Crippen LogP contribution in [0, 0.1) is 0 Å². The van der Waals surface area contributed by atoms with Crippen LogP contribution in [0.2, 0.25) is 0 Å². The summed E-state index contributed by atoms with van der Waals surface area (Å²) >= 11 is 0. The van der Waals surface area contributed by atoms with Gasteiger partial charge in [-0.1, -0.05) is 37.6 Å². The molecule has 1 aromatic carbocycles. The number of amides is 1. The van der Waals surface area contributed by atoms with E-state index in [0.717, 1.165) is 12.8 Å². The largest absolute Gasteiger partial charge is 0.352 e. The Morgan fingerprint density at radius 3 is 2.27 bits per heavy atom. The van der Waals surface area contributed by atoms with Gasteiger partial charge in [0.15, 0.2) is 0 Å². The van der Waals surface area contributed by atoms with Crippen LogP contribution in [0.25, 0.3) is 0 Å². The quantitative estimate of drug-likeness (QED) is 0.599. The van der Waals surface area contributed by atoms with E-state index in [9.17, 15) is 9.59 Å². The van der Waals surface area contributed by atoms with Crippen molar-refractivity contribution in [3.63, 3.8) is 0 Å². The molecule has 1 rings (SSSR count). The summed E-state index contributed by atoms with van der Waals surface area (Å²) in [5.41, 5.74) is 1.63. The molecule has 1 N–H and O–H groups in total. The number of aryl methyl sites for hydroxylation is 1. The van der Waals surface area contributed by atoms with Crippen LogP contribution in [-0.4, -0.2) is 18.7 Å². The second-order valence-electron chi connectivity index (χ2n) is 3.36. The minimum atomic E-state index is -0.571. The highest BCUT2D eigenvalue weighted by molar-refractivity contribution is 6.42. The first kappa shape index (κ1) is 11.4. The minimum absolute atomic E-state index is 0.439. The number of carbonyl (C=O) groups excluding carboxylic acids is 2. The Morgan fingerprint density at radius 2 is 1.80 bits per heavy atom. The monoisotopic (exact) mass is 205 g/mol. The van der Waals surface area contributed by atoms with Gasteiger partial charge in [-0.05, 0) is 12.0 Å². The molecule has 1 aromatic rings. The highest BCUT2D eigenvalue weighted by Gasteiger charge is 2.13. The van der Waals surface area contributed by atoms with Crippen molar-refractivity contribution in [3.8, 4) is 0 Å². The maximum absolute atomic E-state index is 11.4. The summed E-state index contributed by atoms with van der Waals surface area (Å²) in [7, 11) is 1.45. The van der Waals surface area contributed by atoms with Crippen molar-refractivity contribution in [3.05, 3.63) is 35.4 Å². The van der Waals surface area contributed by atoms with Crippen molar-refractivity contribution in [2.24, 2.45) is 0 Å². The van der Waals surface area contributed by atoms with E-state index in [1.165, 1.54) is 12.6 Å². The molecule has 0 atom stereocenters. The van der Waals surface area contributed by atoms with Gasteiger partial charge in [0.05, 0.1) is 0 Å². The zero-order chi connectivity index (χ0) is 11.3. The lowest BCUT2D eigenvalue weighted by Crippen LogP contribution is -2.27. The van der Waals surface area contributed by atoms with Crippen molar-refractivity contribution < 1.29 is 9.59 Å². The standard InChI is InChI=1S/C12H15NO2/c1-3-4-9-5-7-10(8-6-9)11(14)12(15)13-2/h5-8H,3-4H2,1-2H3,(H,13,15). The summed E-state index contributed by atoms with van der Waals surface area (Å²) in [6, 6.07) is 7.17. The zero-order valence-corrected chi connectivity index (χ0v) is 9.04. The first-order chi connectivity index (χ1) is 7.19. The van der Waals surface area contributed by atoms with Gasteiger partial charge < -0.3 is 5.32 Å². The fraction of sp³-hybridized carbons (Fsp3) is 0.333. The Morgan fingerprint density at radius 1 is 1.20 bits per heavy atom. The molecule has 0 unspecified atom stereocenters. The molecule has 3 nitrogen and oxygen atoms in total. The zero-order valence-electron chi connectivity index (χ0n) is 9.04. The molecule has 0 fully saturated rings. The summed E-state index contributed by atoms with van der Waals surface area (Å²) in [5.74, 6) is -1.06. The molecule has 0 bridgehead atoms. The van der Waals surface area contributed by atoms with Crippen molar-refractivity contribution >= 4 is 11.7 Å². The van der Waals surface area contributed by atoms with Crippen LogP contribution in [0.4, 0.5) is 0 Å². The number of rotatable bonds is 4. The molecule has 0 radical (unpaired) electrons. The Balaban J connectivity index is 2.80. The molecule has 0 aliphatic rings. The third kappa shape index (κ3) is 2.91. The van der Waals surface area contributed by atoms with Crippen molar-refractivity contribution in [1.82, 2.24) is 5.32 Å². The van der Waals surface area contributed by atoms with E-state index in [1.807, 2.05) is 12.1 Å². The maximum Gasteiger partial charge on any atom is 0.292 e. The number of hydrogen-bond acceptors (Lipinski definition) is 2. The summed E-state index contributed by atoms with van der Waals surface area (Å²) in [6.45, 7) is 2.10. The van der Waals surface area contributed by atoms with Gasteiger partial charge in [-0.15, -0.1) is 0 Å². The molecular weight excluding hydrogens is 190 g/mol. The first-order valence-corrected chi connectivity index (χ1v) is 5.04. The summed E-state index contributed by atoms with van der Waals surface area (Å²) in [5, 5.41) is 2.31. The van der Waals surface area contributed by atoms with Crippen LogP contribution in [0.5, 0.6) is 0 Å². The van der Waals surface area contributed by atoms with E-state index in [0.29, 0.717) is 5.56 Å². The second kappa shape index (κ2) is 5.29. The Hall–Kier alpha value is -1.64. The minimum Gasteiger partial charge on any atom is -0.352 e. The predicted octanol–water partition coefficient (Wildman–Crippen LogP) is 1.57. The molecule has 0 saturated heterocycles. The first-order valence-electron chi connectivity index (χ1n) is 5.04. The van der Waals surface area contributed by atoms with Crippen LogP contribution >= 0.6 is 0 Å². The highest BCUT2D eigenvalue weighted by atomic mass is 16.2. The van der Waals surface area contributed by atoms with Crippen molar-refractivity contribution in [2.75, 3.05) is 7.05 Å². The van der Waals surface area contributed by atoms with Gasteiger partial charge in [0.2, 0.25) is 5.78 Å². The van der Waals surface area contributed by atoms with E-state index < -0.39 is 11.7 Å². The lowest BCUT2D eigenvalue weighted by molar-refractivity contribution is -0.116. The van der Waals surface area contributed by atoms with E-state index in [-0.39, 0.29) is 0 Å². The van der Waals surface area contributed by atoms with Gasteiger partial charge in [0, 0.05) is 12.6 Å². The molecule has 0 saturated carbocycles. The van der Waals surface area contributed by atoms with Crippen LogP contribution in [-0.2, 0) is 11.2 Å². The number of carbonyl (C=O) groups is 2. The van der Waals surface area contributed by atoms with E-state index >= 15 is 0 Å². The molecule has 1 amide bonds. The molecule has 0 heterocycles. The van der Waals surface area contributed by atoms with Crippen LogP contribution in [0.1, 0.15) is 29.3 Å². The average Bonchev–Trinajstić information content (AvgIpc) is 2.28. The second-order valence-corrected chi connectivity index (χ2v) is 3.36. The average molecular weight is 205 g/mol. The predicted molar refractivity (Wildman–Crippen MR) is 58.8 cm³/mol. The van der Waals surface area contributed by atoms with Gasteiger partial charge in [-0.25, -0.2) is 0 Å². The molecule has 0 aromatic heterocycles. The molecule has 0 spiro atoms. The molecular formula is C12H15NO2.